The van der Waals surface area contributed by atoms with Crippen molar-refractivity contribution in [1.29, 1.82) is 0 Å². The van der Waals surface area contributed by atoms with Gasteiger partial charge in [0.05, 0.1) is 11.2 Å². The van der Waals surface area contributed by atoms with E-state index in [1.165, 1.54) is 4.57 Å². The van der Waals surface area contributed by atoms with Gasteiger partial charge in [0.15, 0.2) is 11.3 Å². The number of benzene rings is 1. The zero-order chi connectivity index (χ0) is 22.2. The smallest absolute Gasteiger partial charge is 0.408 e. The first-order valence-electron chi connectivity index (χ1n) is 11.1. The van der Waals surface area contributed by atoms with Gasteiger partial charge in [-0.2, -0.15) is 5.10 Å². The van der Waals surface area contributed by atoms with Crippen molar-refractivity contribution in [3.8, 4) is 0 Å². The third kappa shape index (κ3) is 3.81. The zero-order valence-corrected chi connectivity index (χ0v) is 17.7. The Morgan fingerprint density at radius 3 is 2.72 bits per heavy atom. The van der Waals surface area contributed by atoms with Gasteiger partial charge < -0.3 is 20.4 Å². The van der Waals surface area contributed by atoms with Crippen LogP contribution in [0.5, 0.6) is 0 Å². The molecule has 5 rings (SSSR count). The number of nitrogens with two attached hydrogens (primary N) is 1. The molecular formula is C22H26N6O4. The first kappa shape index (κ1) is 20.5. The summed E-state index contributed by atoms with van der Waals surface area (Å²) >= 11 is 0. The Balaban J connectivity index is 1.37. The summed E-state index contributed by atoms with van der Waals surface area (Å²) in [6, 6.07) is 6.52. The number of aromatic nitrogens is 3. The van der Waals surface area contributed by atoms with E-state index in [1.807, 2.05) is 0 Å². The molecule has 0 spiro atoms. The molecule has 10 heteroatoms. The summed E-state index contributed by atoms with van der Waals surface area (Å²) in [5.41, 5.74) is 8.58. The number of nitrogens with one attached hydrogen (secondary N) is 1. The predicted molar refractivity (Wildman–Crippen MR) is 117 cm³/mol. The highest BCUT2D eigenvalue weighted by Gasteiger charge is 2.23. The normalized spacial score (nSPS) is 18.5. The zero-order valence-electron chi connectivity index (χ0n) is 17.7. The average molecular weight is 438 g/mol. The van der Waals surface area contributed by atoms with Crippen molar-refractivity contribution < 1.29 is 14.0 Å². The van der Waals surface area contributed by atoms with Gasteiger partial charge in [0.2, 0.25) is 5.91 Å². The molecule has 1 unspecified atom stereocenters. The predicted octanol–water partition coefficient (Wildman–Crippen LogP) is 1.85. The second-order valence-electron chi connectivity index (χ2n) is 8.46. The van der Waals surface area contributed by atoms with E-state index in [0.717, 1.165) is 44.3 Å². The lowest BCUT2D eigenvalue weighted by Crippen LogP contribution is -2.39. The number of hydrogen-bond donors (Lipinski definition) is 2. The second-order valence-corrected chi connectivity index (χ2v) is 8.46. The van der Waals surface area contributed by atoms with Crippen molar-refractivity contribution >= 4 is 28.6 Å². The third-order valence-corrected chi connectivity index (χ3v) is 6.24. The fraction of sp³-hybridized carbons (Fsp3) is 0.455. The van der Waals surface area contributed by atoms with E-state index in [0.29, 0.717) is 35.6 Å². The summed E-state index contributed by atoms with van der Waals surface area (Å²) in [5, 5.41) is 7.19. The Morgan fingerprint density at radius 1 is 1.12 bits per heavy atom. The molecule has 0 saturated carbocycles. The van der Waals surface area contributed by atoms with Crippen molar-refractivity contribution in [2.75, 3.05) is 18.4 Å². The Hall–Kier alpha value is -3.40. The highest BCUT2D eigenvalue weighted by Crippen LogP contribution is 2.24. The highest BCUT2D eigenvalue weighted by molar-refractivity contribution is 6.03. The molecule has 4 heterocycles. The quantitative estimate of drug-likeness (QED) is 0.640. The Kier molecular flexibility index (Phi) is 5.30. The number of nitrogens with zero attached hydrogens (tertiary/aromatic N) is 4. The van der Waals surface area contributed by atoms with E-state index < -0.39 is 5.76 Å². The van der Waals surface area contributed by atoms with Gasteiger partial charge in [0.1, 0.15) is 6.54 Å². The fourth-order valence-electron chi connectivity index (χ4n) is 4.49. The van der Waals surface area contributed by atoms with Gasteiger partial charge >= 0.3 is 5.76 Å². The molecule has 3 aromatic rings. The van der Waals surface area contributed by atoms with Crippen LogP contribution in [0.25, 0.3) is 11.1 Å². The lowest BCUT2D eigenvalue weighted by atomic mass is 10.1. The maximum Gasteiger partial charge on any atom is 0.420 e. The van der Waals surface area contributed by atoms with Crippen molar-refractivity contribution in [3.63, 3.8) is 0 Å². The first-order valence-corrected chi connectivity index (χ1v) is 11.1. The molecular weight excluding hydrogens is 412 g/mol. The standard InChI is InChI=1S/C22H26N6O4/c23-15-5-4-10-28-17(15)12-16(25-28)21(30)24-14-6-7-19-18(11-14)27(22(31)32-19)13-20(29)26-8-2-1-3-9-26/h6-7,11-12,15H,1-5,8-10,13,23H2,(H,24,30). The summed E-state index contributed by atoms with van der Waals surface area (Å²) < 4.78 is 8.39. The molecule has 1 saturated heterocycles. The van der Waals surface area contributed by atoms with Gasteiger partial charge in [-0.3, -0.25) is 18.8 Å². The molecule has 0 bridgehead atoms. The number of likely N-dealkylation sites (tertiary alicyclic amines) is 1. The average Bonchev–Trinajstić information content (AvgIpc) is 3.37. The summed E-state index contributed by atoms with van der Waals surface area (Å²) in [4.78, 5) is 39.6. The van der Waals surface area contributed by atoms with Gasteiger partial charge in [-0.15, -0.1) is 0 Å². The van der Waals surface area contributed by atoms with Crippen molar-refractivity contribution in [1.82, 2.24) is 19.2 Å². The summed E-state index contributed by atoms with van der Waals surface area (Å²) in [5.74, 6) is -1.06. The fourth-order valence-corrected chi connectivity index (χ4v) is 4.49. The van der Waals surface area contributed by atoms with E-state index in [-0.39, 0.29) is 24.4 Å². The summed E-state index contributed by atoms with van der Waals surface area (Å²) in [6.45, 7) is 2.08. The van der Waals surface area contributed by atoms with Crippen LogP contribution in [0.2, 0.25) is 0 Å². The van der Waals surface area contributed by atoms with E-state index in [1.54, 1.807) is 33.8 Å². The van der Waals surface area contributed by atoms with Crippen molar-refractivity contribution in [2.45, 2.75) is 51.2 Å². The van der Waals surface area contributed by atoms with Gasteiger partial charge in [-0.1, -0.05) is 0 Å². The molecule has 3 N–H and O–H groups in total. The number of carbonyl (C=O) groups excluding carboxylic acids is 2. The van der Waals surface area contributed by atoms with E-state index in [2.05, 4.69) is 10.4 Å². The molecule has 32 heavy (non-hydrogen) atoms. The van der Waals surface area contributed by atoms with E-state index in [9.17, 15) is 14.4 Å². The molecule has 2 amide bonds. The number of amides is 2. The van der Waals surface area contributed by atoms with Crippen LogP contribution in [0.3, 0.4) is 0 Å². The number of piperidine rings is 1. The maximum absolute atomic E-state index is 12.8. The van der Waals surface area contributed by atoms with Gasteiger partial charge in [0, 0.05) is 31.4 Å². The number of oxazole rings is 1. The van der Waals surface area contributed by atoms with Crippen molar-refractivity contribution in [2.24, 2.45) is 5.73 Å². The number of aryl methyl sites for hydroxylation is 1. The SMILES string of the molecule is NC1CCCn2nc(C(=O)Nc3ccc4oc(=O)n(CC(=O)N5CCCCC5)c4c3)cc21. The van der Waals surface area contributed by atoms with Gasteiger partial charge in [-0.25, -0.2) is 4.79 Å². The molecule has 1 aromatic carbocycles. The van der Waals surface area contributed by atoms with Crippen LogP contribution >= 0.6 is 0 Å². The minimum absolute atomic E-state index is 0.0884. The summed E-state index contributed by atoms with van der Waals surface area (Å²) in [6.07, 6.45) is 4.88. The number of fused-ring (bicyclic) bond motifs is 2. The maximum atomic E-state index is 12.8. The van der Waals surface area contributed by atoms with Crippen LogP contribution in [-0.4, -0.2) is 44.2 Å². The molecule has 1 atom stereocenters. The minimum atomic E-state index is -0.593. The second kappa shape index (κ2) is 8.27. The molecule has 2 aliphatic heterocycles. The Labute approximate surface area is 184 Å². The van der Waals surface area contributed by atoms with E-state index in [4.69, 9.17) is 10.2 Å². The first-order chi connectivity index (χ1) is 15.5. The van der Waals surface area contributed by atoms with Gasteiger partial charge in [-0.05, 0) is 56.4 Å². The van der Waals surface area contributed by atoms with Crippen LogP contribution in [0, 0.1) is 0 Å². The molecule has 2 aliphatic rings. The lowest BCUT2D eigenvalue weighted by molar-refractivity contribution is -0.132. The molecule has 168 valence electrons. The van der Waals surface area contributed by atoms with Crippen LogP contribution in [0.1, 0.15) is 54.3 Å². The largest absolute Gasteiger partial charge is 0.420 e. The van der Waals surface area contributed by atoms with E-state index >= 15 is 0 Å². The highest BCUT2D eigenvalue weighted by atomic mass is 16.4. The molecule has 0 radical (unpaired) electrons. The topological polar surface area (TPSA) is 128 Å². The van der Waals surface area contributed by atoms with Crippen LogP contribution in [0.4, 0.5) is 5.69 Å². The molecule has 2 aromatic heterocycles. The number of carbonyl (C=O) groups is 2. The van der Waals surface area contributed by atoms with Crippen LogP contribution < -0.4 is 16.8 Å². The third-order valence-electron chi connectivity index (χ3n) is 6.24. The monoisotopic (exact) mass is 438 g/mol. The number of anilines is 1. The molecule has 1 fully saturated rings. The molecule has 10 nitrogen and oxygen atoms in total. The molecule has 0 aliphatic carbocycles. The number of hydrogen-bond acceptors (Lipinski definition) is 6. The Bertz CT molecular complexity index is 1230. The summed E-state index contributed by atoms with van der Waals surface area (Å²) in [7, 11) is 0. The van der Waals surface area contributed by atoms with Gasteiger partial charge in [0.25, 0.3) is 5.91 Å². The van der Waals surface area contributed by atoms with Crippen molar-refractivity contribution in [3.05, 3.63) is 46.2 Å². The van der Waals surface area contributed by atoms with Crippen LogP contribution in [0.15, 0.2) is 33.5 Å². The minimum Gasteiger partial charge on any atom is -0.408 e. The lowest BCUT2D eigenvalue weighted by Gasteiger charge is -2.26. The Morgan fingerprint density at radius 2 is 1.94 bits per heavy atom. The van der Waals surface area contributed by atoms with Crippen LogP contribution in [-0.2, 0) is 17.9 Å². The number of rotatable bonds is 4.